The Labute approximate surface area is 205 Å². The van der Waals surface area contributed by atoms with E-state index in [4.69, 9.17) is 10.5 Å². The number of nitrogens with two attached hydrogens (primary N) is 1. The number of ether oxygens (including phenoxy) is 1. The molecule has 3 N–H and O–H groups in total. The van der Waals surface area contributed by atoms with Gasteiger partial charge >= 0.3 is 6.18 Å². The normalized spacial score (nSPS) is 15.8. The van der Waals surface area contributed by atoms with Crippen molar-refractivity contribution < 1.29 is 17.9 Å². The van der Waals surface area contributed by atoms with Crippen molar-refractivity contribution in [3.8, 4) is 0 Å². The number of nitrogen functional groups attached to an aromatic ring is 1. The van der Waals surface area contributed by atoms with E-state index in [1.165, 1.54) is 7.11 Å². The van der Waals surface area contributed by atoms with Crippen LogP contribution in [-0.2, 0) is 24.0 Å². The van der Waals surface area contributed by atoms with Gasteiger partial charge in [0.2, 0.25) is 5.82 Å². The maximum absolute atomic E-state index is 13.3. The number of fused-ring (bicyclic) bond motifs is 2. The van der Waals surface area contributed by atoms with Crippen LogP contribution in [0.3, 0.4) is 0 Å². The topological polar surface area (TPSA) is 107 Å². The van der Waals surface area contributed by atoms with Gasteiger partial charge in [0.05, 0.1) is 6.61 Å². The van der Waals surface area contributed by atoms with Gasteiger partial charge in [0.25, 0.3) is 0 Å². The Balaban J connectivity index is 1.38. The number of pyridine rings is 2. The molecule has 0 spiro atoms. The third-order valence-corrected chi connectivity index (χ3v) is 6.40. The Morgan fingerprint density at radius 3 is 2.72 bits per heavy atom. The molecule has 36 heavy (non-hydrogen) atoms. The first-order valence-corrected chi connectivity index (χ1v) is 11.4. The number of rotatable bonds is 6. The summed E-state index contributed by atoms with van der Waals surface area (Å²) in [6.07, 6.45) is -1.11. The molecule has 9 nitrogen and oxygen atoms in total. The highest BCUT2D eigenvalue weighted by atomic mass is 19.4. The number of hydrogen-bond acceptors (Lipinski definition) is 8. The zero-order valence-electron chi connectivity index (χ0n) is 19.8. The summed E-state index contributed by atoms with van der Waals surface area (Å²) >= 11 is 0. The Morgan fingerprint density at radius 1 is 1.14 bits per heavy atom. The molecule has 0 aliphatic carbocycles. The molecule has 0 fully saturated rings. The predicted octanol–water partition coefficient (Wildman–Crippen LogP) is 3.95. The average molecular weight is 499 g/mol. The summed E-state index contributed by atoms with van der Waals surface area (Å²) < 4.78 is 46.5. The van der Waals surface area contributed by atoms with Crippen LogP contribution in [0.5, 0.6) is 0 Å². The summed E-state index contributed by atoms with van der Waals surface area (Å²) in [6.45, 7) is 3.08. The highest BCUT2D eigenvalue weighted by Crippen LogP contribution is 2.35. The third kappa shape index (κ3) is 4.28. The lowest BCUT2D eigenvalue weighted by Gasteiger charge is -2.36. The van der Waals surface area contributed by atoms with Gasteiger partial charge in [-0.25, -0.2) is 9.97 Å². The van der Waals surface area contributed by atoms with Crippen molar-refractivity contribution in [3.63, 3.8) is 0 Å². The first-order chi connectivity index (χ1) is 17.3. The molecule has 188 valence electrons. The molecule has 0 unspecified atom stereocenters. The second kappa shape index (κ2) is 9.26. The molecule has 0 radical (unpaired) electrons. The molecular weight excluding hydrogens is 473 g/mol. The fourth-order valence-electron chi connectivity index (χ4n) is 4.58. The highest BCUT2D eigenvalue weighted by Gasteiger charge is 2.42. The van der Waals surface area contributed by atoms with Gasteiger partial charge < -0.3 is 25.3 Å². The summed E-state index contributed by atoms with van der Waals surface area (Å²) in [5.74, 6) is 0.342. The number of alkyl halides is 3. The lowest BCUT2D eigenvalue weighted by atomic mass is 10.1. The van der Waals surface area contributed by atoms with Gasteiger partial charge in [-0.05, 0) is 36.2 Å². The zero-order chi connectivity index (χ0) is 25.4. The van der Waals surface area contributed by atoms with Crippen molar-refractivity contribution in [3.05, 3.63) is 65.5 Å². The van der Waals surface area contributed by atoms with E-state index in [1.54, 1.807) is 12.4 Å². The Hall–Kier alpha value is -3.93. The van der Waals surface area contributed by atoms with Crippen molar-refractivity contribution >= 4 is 28.1 Å². The number of aromatic nitrogens is 5. The van der Waals surface area contributed by atoms with Crippen LogP contribution >= 0.6 is 0 Å². The number of halogens is 3. The molecule has 5 rings (SSSR count). The monoisotopic (exact) mass is 498 g/mol. The van der Waals surface area contributed by atoms with Crippen molar-refractivity contribution in [2.75, 3.05) is 36.2 Å². The number of anilines is 3. The van der Waals surface area contributed by atoms with E-state index in [1.807, 2.05) is 42.2 Å². The maximum atomic E-state index is 13.3. The largest absolute Gasteiger partial charge is 0.451 e. The summed E-state index contributed by atoms with van der Waals surface area (Å²) in [5.41, 5.74) is 8.91. The minimum absolute atomic E-state index is 0.0977. The van der Waals surface area contributed by atoms with E-state index < -0.39 is 18.0 Å². The first-order valence-electron chi connectivity index (χ1n) is 11.4. The molecule has 0 bridgehead atoms. The molecular formula is C24H25F3N8O. The van der Waals surface area contributed by atoms with Crippen LogP contribution in [0, 0.1) is 6.92 Å². The molecule has 1 atom stereocenters. The number of nitrogens with one attached hydrogen (secondary N) is 1. The Bertz CT molecular complexity index is 1400. The minimum atomic E-state index is -4.57. The third-order valence-electron chi connectivity index (χ3n) is 6.40. The van der Waals surface area contributed by atoms with Crippen molar-refractivity contribution in [2.24, 2.45) is 0 Å². The van der Waals surface area contributed by atoms with Crippen LogP contribution in [0.4, 0.5) is 30.5 Å². The number of hydrogen-bond donors (Lipinski definition) is 2. The van der Waals surface area contributed by atoms with E-state index >= 15 is 0 Å². The average Bonchev–Trinajstić information content (AvgIpc) is 3.29. The van der Waals surface area contributed by atoms with Crippen molar-refractivity contribution in [1.29, 1.82) is 0 Å². The van der Waals surface area contributed by atoms with E-state index in [-0.39, 0.29) is 19.0 Å². The van der Waals surface area contributed by atoms with E-state index in [2.05, 4.69) is 25.5 Å². The van der Waals surface area contributed by atoms with Gasteiger partial charge in [0, 0.05) is 55.6 Å². The van der Waals surface area contributed by atoms with Crippen LogP contribution in [0.1, 0.15) is 28.8 Å². The summed E-state index contributed by atoms with van der Waals surface area (Å²) in [6, 6.07) is 9.13. The molecule has 0 amide bonds. The second-order valence-corrected chi connectivity index (χ2v) is 8.62. The van der Waals surface area contributed by atoms with E-state index in [0.29, 0.717) is 24.7 Å². The summed E-state index contributed by atoms with van der Waals surface area (Å²) in [5, 5.41) is 12.6. The molecule has 0 saturated heterocycles. The predicted molar refractivity (Wildman–Crippen MR) is 129 cm³/mol. The van der Waals surface area contributed by atoms with Crippen molar-refractivity contribution in [2.45, 2.75) is 32.2 Å². The standard InChI is InChI=1S/C24H25F3N8O/c1-14-10-20(34-8-9-35-22(19(34)13-36-2)32-33-23(35)24(25,26)27)31-12-15(14)11-30-18-5-3-4-17-16(18)6-7-29-21(17)28/h3-7,10,12,19,30H,8-9,11,13H2,1-2H3,(H2,28,29)/t19-/m1/s1. The zero-order valence-corrected chi connectivity index (χ0v) is 19.8. The fourth-order valence-corrected chi connectivity index (χ4v) is 4.58. The lowest BCUT2D eigenvalue weighted by Crippen LogP contribution is -2.42. The van der Waals surface area contributed by atoms with Gasteiger partial charge in [-0.15, -0.1) is 10.2 Å². The van der Waals surface area contributed by atoms with E-state index in [0.717, 1.165) is 32.2 Å². The highest BCUT2D eigenvalue weighted by molar-refractivity contribution is 5.99. The number of nitrogens with zero attached hydrogens (tertiary/aromatic N) is 6. The van der Waals surface area contributed by atoms with Gasteiger partial charge in [0.1, 0.15) is 17.7 Å². The molecule has 4 heterocycles. The fraction of sp³-hybridized carbons (Fsp3) is 0.333. The van der Waals surface area contributed by atoms with Crippen LogP contribution < -0.4 is 16.0 Å². The Kier molecular flexibility index (Phi) is 6.12. The van der Waals surface area contributed by atoms with Crippen molar-refractivity contribution in [1.82, 2.24) is 24.7 Å². The summed E-state index contributed by atoms with van der Waals surface area (Å²) in [4.78, 5) is 10.7. The first kappa shape index (κ1) is 23.8. The summed E-state index contributed by atoms with van der Waals surface area (Å²) in [7, 11) is 1.50. The van der Waals surface area contributed by atoms with Crippen LogP contribution in [0.2, 0.25) is 0 Å². The number of methoxy groups -OCH3 is 1. The van der Waals surface area contributed by atoms with Gasteiger partial charge in [-0.3, -0.25) is 0 Å². The molecule has 3 aromatic heterocycles. The maximum Gasteiger partial charge on any atom is 0.451 e. The SMILES string of the molecule is COC[C@@H]1c2nnc(C(F)(F)F)n2CCN1c1cc(C)c(CNc2cccc3c(N)nccc23)cn1. The molecule has 12 heteroatoms. The van der Waals surface area contributed by atoms with E-state index in [9.17, 15) is 13.2 Å². The second-order valence-electron chi connectivity index (χ2n) is 8.62. The smallest absolute Gasteiger partial charge is 0.383 e. The quantitative estimate of drug-likeness (QED) is 0.412. The number of benzene rings is 1. The van der Waals surface area contributed by atoms with Gasteiger partial charge in [0.15, 0.2) is 5.82 Å². The van der Waals surface area contributed by atoms with Crippen LogP contribution in [0.15, 0.2) is 42.7 Å². The molecule has 0 saturated carbocycles. The lowest BCUT2D eigenvalue weighted by molar-refractivity contribution is -0.147. The van der Waals surface area contributed by atoms with Gasteiger partial charge in [-0.1, -0.05) is 12.1 Å². The van der Waals surface area contributed by atoms with Crippen LogP contribution in [0.25, 0.3) is 10.8 Å². The molecule has 4 aromatic rings. The molecule has 1 aliphatic rings. The minimum Gasteiger partial charge on any atom is -0.383 e. The Morgan fingerprint density at radius 2 is 1.97 bits per heavy atom. The molecule has 1 aromatic carbocycles. The number of aryl methyl sites for hydroxylation is 1. The van der Waals surface area contributed by atoms with Crippen LogP contribution in [-0.4, -0.2) is 45.0 Å². The van der Waals surface area contributed by atoms with Gasteiger partial charge in [-0.2, -0.15) is 13.2 Å². The molecule has 1 aliphatic heterocycles.